The summed E-state index contributed by atoms with van der Waals surface area (Å²) in [6, 6.07) is 12.1. The van der Waals surface area contributed by atoms with Gasteiger partial charge in [-0.05, 0) is 36.0 Å². The van der Waals surface area contributed by atoms with Crippen LogP contribution in [0.3, 0.4) is 0 Å². The molecule has 3 N–H and O–H groups in total. The Morgan fingerprint density at radius 1 is 1.05 bits per heavy atom. The molecule has 0 fully saturated rings. The molecule has 0 spiro atoms. The number of anilines is 2. The maximum atomic E-state index is 12.5. The third-order valence-corrected chi connectivity index (χ3v) is 3.37. The van der Waals surface area contributed by atoms with Crippen LogP contribution in [-0.2, 0) is 0 Å². The highest BCUT2D eigenvalue weighted by Crippen LogP contribution is 2.40. The first-order valence-electron chi connectivity index (χ1n) is 5.87. The molecule has 0 bridgehead atoms. The maximum absolute atomic E-state index is 12.5. The zero-order valence-electron chi connectivity index (χ0n) is 10.6. The van der Waals surface area contributed by atoms with Gasteiger partial charge in [-0.3, -0.25) is 4.79 Å². The first kappa shape index (κ1) is 15.2. The van der Waals surface area contributed by atoms with Crippen molar-refractivity contribution in [3.05, 3.63) is 54.1 Å². The first-order valence-corrected chi connectivity index (χ1v) is 6.69. The largest absolute Gasteiger partial charge is 0.446 e. The molecule has 0 aliphatic carbocycles. The summed E-state index contributed by atoms with van der Waals surface area (Å²) < 4.78 is 37.4. The zero-order valence-corrected chi connectivity index (χ0v) is 11.5. The van der Waals surface area contributed by atoms with Crippen LogP contribution in [0.15, 0.2) is 53.4 Å². The van der Waals surface area contributed by atoms with E-state index in [0.717, 1.165) is 0 Å². The van der Waals surface area contributed by atoms with E-state index in [4.69, 9.17) is 5.73 Å². The molecule has 0 radical (unpaired) electrons. The molecule has 0 saturated heterocycles. The van der Waals surface area contributed by atoms with E-state index in [0.29, 0.717) is 0 Å². The van der Waals surface area contributed by atoms with Crippen molar-refractivity contribution in [1.82, 2.24) is 0 Å². The van der Waals surface area contributed by atoms with Gasteiger partial charge in [0.05, 0.1) is 11.3 Å². The second-order valence-corrected chi connectivity index (χ2v) is 5.19. The van der Waals surface area contributed by atoms with Crippen LogP contribution in [0.1, 0.15) is 10.4 Å². The number of carbonyl (C=O) groups excluding carboxylic acids is 1. The van der Waals surface area contributed by atoms with Gasteiger partial charge >= 0.3 is 5.51 Å². The van der Waals surface area contributed by atoms with E-state index in [1.807, 2.05) is 0 Å². The molecule has 0 unspecified atom stereocenters. The van der Waals surface area contributed by atoms with E-state index in [-0.39, 0.29) is 33.6 Å². The van der Waals surface area contributed by atoms with E-state index in [1.165, 1.54) is 24.3 Å². The van der Waals surface area contributed by atoms with Gasteiger partial charge in [0, 0.05) is 10.6 Å². The Balaban J connectivity index is 2.24. The topological polar surface area (TPSA) is 55.1 Å². The number of rotatable bonds is 3. The molecule has 2 rings (SSSR count). The molecule has 7 heteroatoms. The SMILES string of the molecule is Nc1ccccc1C(=O)Nc1ccccc1SC(F)(F)F. The fourth-order valence-electron chi connectivity index (χ4n) is 1.68. The molecule has 0 heterocycles. The molecular formula is C14H11F3N2OS. The number of benzene rings is 2. The number of halogens is 3. The number of nitrogens with one attached hydrogen (secondary N) is 1. The quantitative estimate of drug-likeness (QED) is 0.662. The molecular weight excluding hydrogens is 301 g/mol. The summed E-state index contributed by atoms with van der Waals surface area (Å²) in [5.74, 6) is -0.552. The smallest absolute Gasteiger partial charge is 0.398 e. The molecule has 0 atom stereocenters. The average Bonchev–Trinajstić information content (AvgIpc) is 2.40. The molecule has 0 aliphatic rings. The molecule has 0 saturated carbocycles. The average molecular weight is 312 g/mol. The fourth-order valence-corrected chi connectivity index (χ4v) is 2.30. The van der Waals surface area contributed by atoms with Crippen molar-refractivity contribution in [2.24, 2.45) is 0 Å². The van der Waals surface area contributed by atoms with Crippen LogP contribution in [0.4, 0.5) is 24.5 Å². The van der Waals surface area contributed by atoms with Gasteiger partial charge in [0.15, 0.2) is 0 Å². The predicted molar refractivity (Wildman–Crippen MR) is 77.2 cm³/mol. The number of nitrogens with two attached hydrogens (primary N) is 1. The van der Waals surface area contributed by atoms with Crippen LogP contribution in [-0.4, -0.2) is 11.4 Å². The lowest BCUT2D eigenvalue weighted by molar-refractivity contribution is -0.0328. The summed E-state index contributed by atoms with van der Waals surface area (Å²) in [6.45, 7) is 0. The predicted octanol–water partition coefficient (Wildman–Crippen LogP) is 4.13. The van der Waals surface area contributed by atoms with Crippen LogP contribution in [0.25, 0.3) is 0 Å². The Kier molecular flexibility index (Phi) is 4.42. The maximum Gasteiger partial charge on any atom is 0.446 e. The van der Waals surface area contributed by atoms with Crippen molar-refractivity contribution in [3.8, 4) is 0 Å². The minimum absolute atomic E-state index is 0.0761. The standard InChI is InChI=1S/C14H11F3N2OS/c15-14(16,17)21-12-8-4-3-7-11(12)19-13(20)9-5-1-2-6-10(9)18/h1-8H,18H2,(H,19,20). The van der Waals surface area contributed by atoms with E-state index in [2.05, 4.69) is 5.32 Å². The van der Waals surface area contributed by atoms with Gasteiger partial charge < -0.3 is 11.1 Å². The van der Waals surface area contributed by atoms with Crippen LogP contribution < -0.4 is 11.1 Å². The summed E-state index contributed by atoms with van der Waals surface area (Å²) in [5, 5.41) is 2.45. The van der Waals surface area contributed by atoms with Gasteiger partial charge in [0.1, 0.15) is 0 Å². The molecule has 0 aliphatic heterocycles. The summed E-state index contributed by atoms with van der Waals surface area (Å²) in [7, 11) is 0. The second kappa shape index (κ2) is 6.09. The van der Waals surface area contributed by atoms with Crippen LogP contribution in [0, 0.1) is 0 Å². The zero-order chi connectivity index (χ0) is 15.5. The normalized spacial score (nSPS) is 11.2. The monoisotopic (exact) mass is 312 g/mol. The number of thioether (sulfide) groups is 1. The van der Waals surface area contributed by atoms with Crippen molar-refractivity contribution in [1.29, 1.82) is 0 Å². The highest BCUT2D eigenvalue weighted by atomic mass is 32.2. The van der Waals surface area contributed by atoms with Gasteiger partial charge in [-0.25, -0.2) is 0 Å². The number of amides is 1. The van der Waals surface area contributed by atoms with E-state index in [1.54, 1.807) is 24.3 Å². The van der Waals surface area contributed by atoms with Crippen LogP contribution >= 0.6 is 11.8 Å². The fraction of sp³-hybridized carbons (Fsp3) is 0.0714. The van der Waals surface area contributed by atoms with Gasteiger partial charge in [-0.2, -0.15) is 13.2 Å². The summed E-state index contributed by atoms with van der Waals surface area (Å²) in [5.41, 5.74) is 1.81. The number of carbonyl (C=O) groups is 1. The number of alkyl halides is 3. The Labute approximate surface area is 123 Å². The minimum atomic E-state index is -4.42. The lowest BCUT2D eigenvalue weighted by Gasteiger charge is -2.12. The van der Waals surface area contributed by atoms with E-state index >= 15 is 0 Å². The highest BCUT2D eigenvalue weighted by molar-refractivity contribution is 8.00. The highest BCUT2D eigenvalue weighted by Gasteiger charge is 2.30. The molecule has 2 aromatic carbocycles. The molecule has 0 aromatic heterocycles. The van der Waals surface area contributed by atoms with Crippen LogP contribution in [0.2, 0.25) is 0 Å². The Morgan fingerprint density at radius 2 is 1.67 bits per heavy atom. The molecule has 1 amide bonds. The Hall–Kier alpha value is -2.15. The first-order chi connectivity index (χ1) is 9.87. The summed E-state index contributed by atoms with van der Waals surface area (Å²) in [4.78, 5) is 12.0. The molecule has 2 aromatic rings. The lowest BCUT2D eigenvalue weighted by atomic mass is 10.1. The number of hydrogen-bond donors (Lipinski definition) is 2. The number of hydrogen-bond acceptors (Lipinski definition) is 3. The van der Waals surface area contributed by atoms with E-state index < -0.39 is 11.4 Å². The van der Waals surface area contributed by atoms with Gasteiger partial charge in [0.25, 0.3) is 5.91 Å². The second-order valence-electron chi connectivity index (χ2n) is 4.09. The van der Waals surface area contributed by atoms with Gasteiger partial charge in [-0.1, -0.05) is 24.3 Å². The van der Waals surface area contributed by atoms with Gasteiger partial charge in [0.2, 0.25) is 0 Å². The Morgan fingerprint density at radius 3 is 2.33 bits per heavy atom. The van der Waals surface area contributed by atoms with Crippen molar-refractivity contribution < 1.29 is 18.0 Å². The number of para-hydroxylation sites is 2. The van der Waals surface area contributed by atoms with Crippen molar-refractivity contribution in [2.75, 3.05) is 11.1 Å². The lowest BCUT2D eigenvalue weighted by Crippen LogP contribution is -2.14. The van der Waals surface area contributed by atoms with E-state index in [9.17, 15) is 18.0 Å². The number of nitrogen functional groups attached to an aromatic ring is 1. The van der Waals surface area contributed by atoms with Crippen LogP contribution in [0.5, 0.6) is 0 Å². The minimum Gasteiger partial charge on any atom is -0.398 e. The van der Waals surface area contributed by atoms with Crippen molar-refractivity contribution in [3.63, 3.8) is 0 Å². The summed E-state index contributed by atoms with van der Waals surface area (Å²) >= 11 is -0.277. The third-order valence-electron chi connectivity index (χ3n) is 2.57. The molecule has 110 valence electrons. The molecule has 3 nitrogen and oxygen atoms in total. The molecule has 21 heavy (non-hydrogen) atoms. The summed E-state index contributed by atoms with van der Waals surface area (Å²) in [6.07, 6.45) is 0. The van der Waals surface area contributed by atoms with Crippen molar-refractivity contribution in [2.45, 2.75) is 10.4 Å². The third kappa shape index (κ3) is 4.16. The Bertz CT molecular complexity index is 659. The van der Waals surface area contributed by atoms with Gasteiger partial charge in [-0.15, -0.1) is 0 Å². The van der Waals surface area contributed by atoms with Crippen molar-refractivity contribution >= 4 is 29.0 Å².